The van der Waals surface area contributed by atoms with Crippen LogP contribution in [0.4, 0.5) is 0 Å². The first-order chi connectivity index (χ1) is 7.44. The van der Waals surface area contributed by atoms with E-state index in [1.807, 2.05) is 0 Å². The van der Waals surface area contributed by atoms with Gasteiger partial charge in [-0.1, -0.05) is 19.0 Å². The van der Waals surface area contributed by atoms with Gasteiger partial charge in [-0.2, -0.15) is 0 Å². The van der Waals surface area contributed by atoms with Gasteiger partial charge in [-0.05, 0) is 18.8 Å². The zero-order valence-electron chi connectivity index (χ0n) is 9.84. The van der Waals surface area contributed by atoms with Gasteiger partial charge in [0.05, 0.1) is 5.69 Å². The van der Waals surface area contributed by atoms with E-state index in [1.165, 1.54) is 0 Å². The number of hydrogen-bond donors (Lipinski definition) is 1. The number of alkyl halides is 1. The van der Waals surface area contributed by atoms with E-state index in [0.717, 1.165) is 6.42 Å². The van der Waals surface area contributed by atoms with Gasteiger partial charge in [-0.25, -0.2) is 0 Å². The van der Waals surface area contributed by atoms with Gasteiger partial charge in [0.25, 0.3) is 5.91 Å². The molecular weight excluding hydrogens is 228 g/mol. The minimum Gasteiger partial charge on any atom is -0.351 e. The van der Waals surface area contributed by atoms with Crippen molar-refractivity contribution in [3.05, 3.63) is 17.5 Å². The summed E-state index contributed by atoms with van der Waals surface area (Å²) in [4.78, 5) is 11.6. The van der Waals surface area contributed by atoms with Crippen LogP contribution in [0, 0.1) is 12.3 Å². The van der Waals surface area contributed by atoms with Crippen molar-refractivity contribution in [1.29, 1.82) is 0 Å². The Morgan fingerprint density at radius 1 is 1.62 bits per heavy atom. The number of nitrogens with zero attached hydrogens (tertiary/aromatic N) is 1. The predicted molar refractivity (Wildman–Crippen MR) is 62.7 cm³/mol. The molecule has 0 unspecified atom stereocenters. The molecule has 0 aliphatic carbocycles. The first-order valence-electron chi connectivity index (χ1n) is 5.22. The second kappa shape index (κ2) is 5.34. The summed E-state index contributed by atoms with van der Waals surface area (Å²) < 4.78 is 4.86. The monoisotopic (exact) mass is 244 g/mol. The Labute approximate surface area is 100 Å². The number of hydrogen-bond acceptors (Lipinski definition) is 3. The molecule has 1 rings (SSSR count). The third-order valence-electron chi connectivity index (χ3n) is 2.35. The third-order valence-corrected chi connectivity index (χ3v) is 2.54. The third kappa shape index (κ3) is 3.85. The molecule has 0 fully saturated rings. The van der Waals surface area contributed by atoms with Crippen LogP contribution >= 0.6 is 11.6 Å². The second-order valence-corrected chi connectivity index (χ2v) is 5.00. The van der Waals surface area contributed by atoms with Gasteiger partial charge in [0.15, 0.2) is 0 Å². The molecule has 0 saturated heterocycles. The highest BCUT2D eigenvalue weighted by Gasteiger charge is 2.19. The summed E-state index contributed by atoms with van der Waals surface area (Å²) in [6.45, 7) is 6.46. The summed E-state index contributed by atoms with van der Waals surface area (Å²) in [6.07, 6.45) is 0.851. The normalized spacial score (nSPS) is 11.5. The highest BCUT2D eigenvalue weighted by molar-refractivity contribution is 6.17. The topological polar surface area (TPSA) is 55.1 Å². The fourth-order valence-electron chi connectivity index (χ4n) is 1.22. The number of rotatable bonds is 5. The number of aromatic nitrogens is 1. The number of amides is 1. The molecule has 4 nitrogen and oxygen atoms in total. The number of halogens is 1. The highest BCUT2D eigenvalue weighted by Crippen LogP contribution is 2.19. The van der Waals surface area contributed by atoms with Crippen molar-refractivity contribution in [3.8, 4) is 0 Å². The van der Waals surface area contributed by atoms with Crippen LogP contribution in [0.2, 0.25) is 0 Å². The molecule has 1 aromatic rings. The molecule has 0 aliphatic heterocycles. The second-order valence-electron chi connectivity index (χ2n) is 4.62. The molecule has 0 aromatic carbocycles. The van der Waals surface area contributed by atoms with E-state index in [1.54, 1.807) is 13.0 Å². The molecule has 1 N–H and O–H groups in total. The minimum absolute atomic E-state index is 0.00746. The van der Waals surface area contributed by atoms with E-state index >= 15 is 0 Å². The van der Waals surface area contributed by atoms with Gasteiger partial charge in [0, 0.05) is 18.5 Å². The van der Waals surface area contributed by atoms with E-state index in [-0.39, 0.29) is 17.1 Å². The maximum atomic E-state index is 11.6. The highest BCUT2D eigenvalue weighted by atomic mass is 35.5. The van der Waals surface area contributed by atoms with Gasteiger partial charge in [-0.3, -0.25) is 4.79 Å². The van der Waals surface area contributed by atoms with E-state index in [4.69, 9.17) is 16.1 Å². The summed E-state index contributed by atoms with van der Waals surface area (Å²) in [5, 5.41) is 6.47. The van der Waals surface area contributed by atoms with Crippen molar-refractivity contribution in [3.63, 3.8) is 0 Å². The number of nitrogens with one attached hydrogen (secondary N) is 1. The Morgan fingerprint density at radius 3 is 2.81 bits per heavy atom. The molecule has 90 valence electrons. The maximum absolute atomic E-state index is 11.6. The lowest BCUT2D eigenvalue weighted by molar-refractivity contribution is 0.0898. The molecule has 0 aliphatic rings. The molecular formula is C11H17ClN2O2. The van der Waals surface area contributed by atoms with Gasteiger partial charge >= 0.3 is 0 Å². The molecule has 0 radical (unpaired) electrons. The van der Waals surface area contributed by atoms with Crippen LogP contribution < -0.4 is 5.32 Å². The van der Waals surface area contributed by atoms with E-state index < -0.39 is 0 Å². The summed E-state index contributed by atoms with van der Waals surface area (Å²) >= 11 is 5.68. The first kappa shape index (κ1) is 13.0. The molecule has 16 heavy (non-hydrogen) atoms. The van der Waals surface area contributed by atoms with Crippen LogP contribution in [0.5, 0.6) is 0 Å². The first-order valence-corrected chi connectivity index (χ1v) is 5.75. The quantitative estimate of drug-likeness (QED) is 0.809. The van der Waals surface area contributed by atoms with Crippen molar-refractivity contribution in [2.24, 2.45) is 5.41 Å². The molecule has 0 bridgehead atoms. The van der Waals surface area contributed by atoms with Crippen molar-refractivity contribution >= 4 is 17.5 Å². The molecule has 0 spiro atoms. The molecule has 1 heterocycles. The van der Waals surface area contributed by atoms with E-state index in [2.05, 4.69) is 24.3 Å². The fourth-order valence-corrected chi connectivity index (χ4v) is 1.73. The van der Waals surface area contributed by atoms with Crippen LogP contribution in [0.25, 0.3) is 0 Å². The van der Waals surface area contributed by atoms with Crippen molar-refractivity contribution in [2.75, 3.05) is 12.4 Å². The Kier molecular flexibility index (Phi) is 4.35. The number of carbonyl (C=O) groups is 1. The SMILES string of the molecule is Cc1cc(C(=O)NCC(C)(C)CCCl)on1. The Morgan fingerprint density at radius 2 is 2.31 bits per heavy atom. The zero-order valence-corrected chi connectivity index (χ0v) is 10.6. The Balaban J connectivity index is 2.47. The largest absolute Gasteiger partial charge is 0.351 e. The molecule has 1 aromatic heterocycles. The van der Waals surface area contributed by atoms with Crippen molar-refractivity contribution in [1.82, 2.24) is 10.5 Å². The van der Waals surface area contributed by atoms with E-state index in [0.29, 0.717) is 18.1 Å². The van der Waals surface area contributed by atoms with Crippen LogP contribution in [0.3, 0.4) is 0 Å². The molecule has 1 amide bonds. The minimum atomic E-state index is -0.233. The smallest absolute Gasteiger partial charge is 0.289 e. The van der Waals surface area contributed by atoms with Gasteiger partial charge in [-0.15, -0.1) is 11.6 Å². The lowest BCUT2D eigenvalue weighted by atomic mass is 9.90. The summed E-state index contributed by atoms with van der Waals surface area (Å²) in [6, 6.07) is 1.61. The van der Waals surface area contributed by atoms with Crippen molar-refractivity contribution in [2.45, 2.75) is 27.2 Å². The Hall–Kier alpha value is -1.03. The van der Waals surface area contributed by atoms with Crippen LogP contribution in [0.15, 0.2) is 10.6 Å². The maximum Gasteiger partial charge on any atom is 0.289 e. The van der Waals surface area contributed by atoms with Crippen molar-refractivity contribution < 1.29 is 9.32 Å². The average molecular weight is 245 g/mol. The lowest BCUT2D eigenvalue weighted by Gasteiger charge is -2.23. The van der Waals surface area contributed by atoms with Gasteiger partial charge in [0.2, 0.25) is 5.76 Å². The lowest BCUT2D eigenvalue weighted by Crippen LogP contribution is -2.34. The van der Waals surface area contributed by atoms with Gasteiger partial charge in [0.1, 0.15) is 0 Å². The van der Waals surface area contributed by atoms with E-state index in [9.17, 15) is 4.79 Å². The summed E-state index contributed by atoms with van der Waals surface area (Å²) in [7, 11) is 0. The predicted octanol–water partition coefficient (Wildman–Crippen LogP) is 2.37. The number of carbonyl (C=O) groups excluding carboxylic acids is 1. The summed E-state index contributed by atoms with van der Waals surface area (Å²) in [5.41, 5.74) is 0.692. The van der Waals surface area contributed by atoms with Crippen LogP contribution in [-0.2, 0) is 0 Å². The molecule has 0 saturated carbocycles. The zero-order chi connectivity index (χ0) is 12.2. The average Bonchev–Trinajstić information content (AvgIpc) is 2.61. The van der Waals surface area contributed by atoms with Crippen LogP contribution in [-0.4, -0.2) is 23.5 Å². The van der Waals surface area contributed by atoms with Gasteiger partial charge < -0.3 is 9.84 Å². The standard InChI is InChI=1S/C11H17ClN2O2/c1-8-6-9(16-14-8)10(15)13-7-11(2,3)4-5-12/h6H,4-5,7H2,1-3H3,(H,13,15). The summed E-state index contributed by atoms with van der Waals surface area (Å²) in [5.74, 6) is 0.604. The number of aryl methyl sites for hydroxylation is 1. The Bertz CT molecular complexity index is 361. The molecule has 5 heteroatoms. The fraction of sp³-hybridized carbons (Fsp3) is 0.636. The molecule has 0 atom stereocenters. The van der Waals surface area contributed by atoms with Crippen LogP contribution in [0.1, 0.15) is 36.5 Å².